The van der Waals surface area contributed by atoms with E-state index in [0.717, 1.165) is 17.7 Å². The molecule has 0 saturated heterocycles. The summed E-state index contributed by atoms with van der Waals surface area (Å²) in [5.41, 5.74) is 6.59. The van der Waals surface area contributed by atoms with Gasteiger partial charge in [-0.25, -0.2) is 4.39 Å². The monoisotopic (exact) mass is 181 g/mol. The Morgan fingerprint density at radius 2 is 2.23 bits per heavy atom. The van der Waals surface area contributed by atoms with Crippen molar-refractivity contribution in [3.63, 3.8) is 0 Å². The Labute approximate surface area is 76.5 Å². The Kier molecular flexibility index (Phi) is 1.96. The summed E-state index contributed by atoms with van der Waals surface area (Å²) in [5.74, 6) is 0.792. The van der Waals surface area contributed by atoms with E-state index in [4.69, 9.17) is 10.5 Å². The Balaban J connectivity index is 2.35. The predicted octanol–water partition coefficient (Wildman–Crippen LogP) is 1.65. The first-order valence-electron chi connectivity index (χ1n) is 4.31. The molecule has 3 heteroatoms. The van der Waals surface area contributed by atoms with Crippen LogP contribution in [0.2, 0.25) is 0 Å². The smallest absolute Gasteiger partial charge is 0.123 e. The van der Waals surface area contributed by atoms with Crippen molar-refractivity contribution in [3.8, 4) is 5.75 Å². The van der Waals surface area contributed by atoms with E-state index in [1.54, 1.807) is 13.2 Å². The van der Waals surface area contributed by atoms with Gasteiger partial charge in [-0.2, -0.15) is 0 Å². The molecule has 1 aliphatic carbocycles. The van der Waals surface area contributed by atoms with Crippen LogP contribution in [0.4, 0.5) is 4.39 Å². The average Bonchev–Trinajstić information content (AvgIpc) is 2.82. The first-order valence-corrected chi connectivity index (χ1v) is 4.31. The van der Waals surface area contributed by atoms with Gasteiger partial charge in [-0.05, 0) is 24.6 Å². The van der Waals surface area contributed by atoms with E-state index in [2.05, 4.69) is 0 Å². The van der Waals surface area contributed by atoms with Gasteiger partial charge >= 0.3 is 0 Å². The lowest BCUT2D eigenvalue weighted by Gasteiger charge is -2.06. The van der Waals surface area contributed by atoms with E-state index in [0.29, 0.717) is 0 Å². The minimum Gasteiger partial charge on any atom is -0.496 e. The third kappa shape index (κ3) is 1.52. The van der Waals surface area contributed by atoms with Crippen molar-refractivity contribution < 1.29 is 9.13 Å². The van der Waals surface area contributed by atoms with Crippen molar-refractivity contribution >= 4 is 0 Å². The summed E-state index contributed by atoms with van der Waals surface area (Å²) in [5, 5.41) is 0. The molecular weight excluding hydrogens is 169 g/mol. The third-order valence-corrected chi connectivity index (χ3v) is 2.43. The summed E-state index contributed by atoms with van der Waals surface area (Å²) in [6, 6.07) is 4.73. The SMILES string of the molecule is COc1ccc(F)cc1[C@H]1C[C@@H]1N. The highest BCUT2D eigenvalue weighted by atomic mass is 19.1. The van der Waals surface area contributed by atoms with Gasteiger partial charge in [-0.3, -0.25) is 0 Å². The zero-order valence-electron chi connectivity index (χ0n) is 7.46. The molecule has 0 heterocycles. The lowest BCUT2D eigenvalue weighted by atomic mass is 10.1. The lowest BCUT2D eigenvalue weighted by Crippen LogP contribution is -2.02. The lowest BCUT2D eigenvalue weighted by molar-refractivity contribution is 0.408. The van der Waals surface area contributed by atoms with Crippen molar-refractivity contribution in [2.24, 2.45) is 5.73 Å². The minimum atomic E-state index is -0.227. The fourth-order valence-corrected chi connectivity index (χ4v) is 1.57. The van der Waals surface area contributed by atoms with Crippen LogP contribution >= 0.6 is 0 Å². The zero-order valence-corrected chi connectivity index (χ0v) is 7.46. The normalized spacial score (nSPS) is 25.8. The number of hydrogen-bond donors (Lipinski definition) is 1. The Hall–Kier alpha value is -1.09. The Morgan fingerprint density at radius 1 is 1.54 bits per heavy atom. The maximum Gasteiger partial charge on any atom is 0.123 e. The van der Waals surface area contributed by atoms with E-state index >= 15 is 0 Å². The van der Waals surface area contributed by atoms with Gasteiger partial charge in [0.1, 0.15) is 11.6 Å². The number of methoxy groups -OCH3 is 1. The number of halogens is 1. The van der Waals surface area contributed by atoms with Gasteiger partial charge in [-0.1, -0.05) is 0 Å². The van der Waals surface area contributed by atoms with Crippen LogP contribution in [-0.2, 0) is 0 Å². The van der Waals surface area contributed by atoms with Gasteiger partial charge in [-0.15, -0.1) is 0 Å². The van der Waals surface area contributed by atoms with Crippen molar-refractivity contribution in [3.05, 3.63) is 29.6 Å². The molecule has 1 saturated carbocycles. The highest BCUT2D eigenvalue weighted by Crippen LogP contribution is 2.43. The van der Waals surface area contributed by atoms with Crippen molar-refractivity contribution in [2.75, 3.05) is 7.11 Å². The molecule has 0 unspecified atom stereocenters. The molecule has 0 amide bonds. The summed E-state index contributed by atoms with van der Waals surface area (Å²) >= 11 is 0. The van der Waals surface area contributed by atoms with Crippen LogP contribution in [0.25, 0.3) is 0 Å². The standard InChI is InChI=1S/C10H12FNO/c1-13-10-3-2-6(11)4-8(10)7-5-9(7)12/h2-4,7,9H,5,12H2,1H3/t7-,9+/m1/s1. The molecular formula is C10H12FNO. The van der Waals surface area contributed by atoms with Crippen LogP contribution in [0.15, 0.2) is 18.2 Å². The van der Waals surface area contributed by atoms with Crippen LogP contribution in [0.3, 0.4) is 0 Å². The molecule has 2 nitrogen and oxygen atoms in total. The molecule has 1 fully saturated rings. The topological polar surface area (TPSA) is 35.2 Å². The van der Waals surface area contributed by atoms with Crippen LogP contribution in [0.1, 0.15) is 17.9 Å². The number of benzene rings is 1. The van der Waals surface area contributed by atoms with E-state index in [9.17, 15) is 4.39 Å². The predicted molar refractivity (Wildman–Crippen MR) is 48.3 cm³/mol. The molecule has 70 valence electrons. The van der Waals surface area contributed by atoms with E-state index < -0.39 is 0 Å². The molecule has 0 radical (unpaired) electrons. The summed E-state index contributed by atoms with van der Waals surface area (Å²) in [6.45, 7) is 0. The Bertz CT molecular complexity index is 327. The maximum atomic E-state index is 12.9. The number of rotatable bonds is 2. The third-order valence-electron chi connectivity index (χ3n) is 2.43. The second-order valence-corrected chi connectivity index (χ2v) is 3.39. The van der Waals surface area contributed by atoms with Gasteiger partial charge in [0.05, 0.1) is 7.11 Å². The summed E-state index contributed by atoms with van der Waals surface area (Å²) in [6.07, 6.45) is 0.930. The molecule has 2 rings (SSSR count). The summed E-state index contributed by atoms with van der Waals surface area (Å²) in [7, 11) is 1.59. The summed E-state index contributed by atoms with van der Waals surface area (Å²) < 4.78 is 18.0. The number of ether oxygens (including phenoxy) is 1. The molecule has 2 N–H and O–H groups in total. The quantitative estimate of drug-likeness (QED) is 0.752. The van der Waals surface area contributed by atoms with Gasteiger partial charge in [0.15, 0.2) is 0 Å². The van der Waals surface area contributed by atoms with Crippen molar-refractivity contribution in [2.45, 2.75) is 18.4 Å². The molecule has 0 aromatic heterocycles. The number of nitrogens with two attached hydrogens (primary N) is 1. The highest BCUT2D eigenvalue weighted by molar-refractivity contribution is 5.40. The first-order chi connectivity index (χ1) is 6.22. The van der Waals surface area contributed by atoms with Crippen molar-refractivity contribution in [1.82, 2.24) is 0 Å². The molecule has 0 spiro atoms. The van der Waals surface area contributed by atoms with E-state index in [1.807, 2.05) is 0 Å². The van der Waals surface area contributed by atoms with Gasteiger partial charge in [0, 0.05) is 17.5 Å². The minimum absolute atomic E-state index is 0.177. The molecule has 2 atom stereocenters. The molecule has 13 heavy (non-hydrogen) atoms. The van der Waals surface area contributed by atoms with Gasteiger partial charge < -0.3 is 10.5 Å². The molecule has 1 aromatic carbocycles. The van der Waals surface area contributed by atoms with Crippen LogP contribution in [0.5, 0.6) is 5.75 Å². The fraction of sp³-hybridized carbons (Fsp3) is 0.400. The molecule has 0 bridgehead atoms. The van der Waals surface area contributed by atoms with Gasteiger partial charge in [0.2, 0.25) is 0 Å². The molecule has 1 aliphatic rings. The van der Waals surface area contributed by atoms with Crippen LogP contribution < -0.4 is 10.5 Å². The number of hydrogen-bond acceptors (Lipinski definition) is 2. The highest BCUT2D eigenvalue weighted by Gasteiger charge is 2.37. The zero-order chi connectivity index (χ0) is 9.42. The van der Waals surface area contributed by atoms with Crippen LogP contribution in [-0.4, -0.2) is 13.2 Å². The average molecular weight is 181 g/mol. The second kappa shape index (κ2) is 3.00. The van der Waals surface area contributed by atoms with Crippen molar-refractivity contribution in [1.29, 1.82) is 0 Å². The maximum absolute atomic E-state index is 12.9. The fourth-order valence-electron chi connectivity index (χ4n) is 1.57. The molecule has 1 aromatic rings. The van der Waals surface area contributed by atoms with Gasteiger partial charge in [0.25, 0.3) is 0 Å². The first kappa shape index (κ1) is 8.51. The summed E-state index contributed by atoms with van der Waals surface area (Å²) in [4.78, 5) is 0. The van der Waals surface area contributed by atoms with E-state index in [-0.39, 0.29) is 17.8 Å². The second-order valence-electron chi connectivity index (χ2n) is 3.39. The Morgan fingerprint density at radius 3 is 2.77 bits per heavy atom. The largest absolute Gasteiger partial charge is 0.496 e. The molecule has 0 aliphatic heterocycles. The van der Waals surface area contributed by atoms with Crippen LogP contribution in [0, 0.1) is 5.82 Å². The van der Waals surface area contributed by atoms with E-state index in [1.165, 1.54) is 12.1 Å².